The molecule has 0 amide bonds. The summed E-state index contributed by atoms with van der Waals surface area (Å²) in [5.74, 6) is 0.842. The maximum Gasteiger partial charge on any atom is 0.224 e. The summed E-state index contributed by atoms with van der Waals surface area (Å²) in [5, 5.41) is 0.267. The summed E-state index contributed by atoms with van der Waals surface area (Å²) in [4.78, 5) is 14.3. The first kappa shape index (κ1) is 11.8. The molecule has 0 atom stereocenters. The van der Waals surface area contributed by atoms with Crippen molar-refractivity contribution in [3.8, 4) is 0 Å². The monoisotopic (exact) mass is 248 g/mol. The molecule has 88 valence electrons. The molecule has 2 heterocycles. The normalized spacial score (nSPS) is 10.3. The van der Waals surface area contributed by atoms with Gasteiger partial charge in [0.1, 0.15) is 5.82 Å². The maximum atomic E-state index is 5.80. The molecule has 2 aromatic rings. The largest absolute Gasteiger partial charge is 0.355 e. The second-order valence-corrected chi connectivity index (χ2v) is 4.20. The molecule has 0 spiro atoms. The van der Waals surface area contributed by atoms with Crippen molar-refractivity contribution < 1.29 is 0 Å². The second kappa shape index (κ2) is 5.10. The van der Waals surface area contributed by atoms with E-state index in [1.54, 1.807) is 12.4 Å². The van der Waals surface area contributed by atoms with Gasteiger partial charge in [0.15, 0.2) is 0 Å². The van der Waals surface area contributed by atoms with Gasteiger partial charge in [0.05, 0.1) is 0 Å². The fraction of sp³-hybridized carbons (Fsp3) is 0.250. The first-order chi connectivity index (χ1) is 8.16. The highest BCUT2D eigenvalue weighted by molar-refractivity contribution is 6.28. The molecular weight excluding hydrogens is 236 g/mol. The van der Waals surface area contributed by atoms with E-state index in [9.17, 15) is 0 Å². The average Bonchev–Trinajstić information content (AvgIpc) is 2.33. The van der Waals surface area contributed by atoms with Crippen molar-refractivity contribution in [1.82, 2.24) is 15.0 Å². The highest BCUT2D eigenvalue weighted by Gasteiger charge is 2.08. The summed E-state index contributed by atoms with van der Waals surface area (Å²) in [6.45, 7) is 2.70. The Bertz CT molecular complexity index is 501. The van der Waals surface area contributed by atoms with Crippen molar-refractivity contribution in [2.24, 2.45) is 0 Å². The summed E-state index contributed by atoms with van der Waals surface area (Å²) in [7, 11) is 1.97. The predicted octanol–water partition coefficient (Wildman–Crippen LogP) is 2.47. The van der Waals surface area contributed by atoms with Crippen LogP contribution in [-0.4, -0.2) is 22.0 Å². The summed E-state index contributed by atoms with van der Waals surface area (Å²) >= 11 is 5.80. The summed E-state index contributed by atoms with van der Waals surface area (Å²) in [6, 6.07) is 3.95. The van der Waals surface area contributed by atoms with E-state index >= 15 is 0 Å². The Balaban J connectivity index is 2.20. The van der Waals surface area contributed by atoms with Crippen molar-refractivity contribution in [3.05, 3.63) is 47.1 Å². The SMILES string of the molecule is Cc1cnc(Cl)nc1N(C)Cc1cccnc1. The third-order valence-electron chi connectivity index (χ3n) is 2.42. The van der Waals surface area contributed by atoms with Gasteiger partial charge in [-0.2, -0.15) is 0 Å². The molecule has 2 aromatic heterocycles. The lowest BCUT2D eigenvalue weighted by atomic mass is 10.2. The Morgan fingerprint density at radius 3 is 2.88 bits per heavy atom. The van der Waals surface area contributed by atoms with Gasteiger partial charge in [-0.05, 0) is 30.2 Å². The number of hydrogen-bond donors (Lipinski definition) is 0. The topological polar surface area (TPSA) is 41.9 Å². The third kappa shape index (κ3) is 2.91. The van der Waals surface area contributed by atoms with Gasteiger partial charge >= 0.3 is 0 Å². The predicted molar refractivity (Wildman–Crippen MR) is 68.1 cm³/mol. The molecule has 17 heavy (non-hydrogen) atoms. The number of anilines is 1. The lowest BCUT2D eigenvalue weighted by Gasteiger charge is -2.19. The number of nitrogens with zero attached hydrogens (tertiary/aromatic N) is 4. The Morgan fingerprint density at radius 1 is 1.35 bits per heavy atom. The minimum atomic E-state index is 0.267. The fourth-order valence-electron chi connectivity index (χ4n) is 1.64. The number of hydrogen-bond acceptors (Lipinski definition) is 4. The maximum absolute atomic E-state index is 5.80. The second-order valence-electron chi connectivity index (χ2n) is 3.86. The molecule has 0 saturated heterocycles. The molecule has 0 aromatic carbocycles. The Hall–Kier alpha value is -1.68. The van der Waals surface area contributed by atoms with Crippen molar-refractivity contribution in [2.45, 2.75) is 13.5 Å². The van der Waals surface area contributed by atoms with E-state index in [2.05, 4.69) is 15.0 Å². The van der Waals surface area contributed by atoms with Crippen LogP contribution in [0.4, 0.5) is 5.82 Å². The lowest BCUT2D eigenvalue weighted by molar-refractivity contribution is 0.877. The van der Waals surface area contributed by atoms with Crippen LogP contribution < -0.4 is 4.90 Å². The van der Waals surface area contributed by atoms with E-state index in [1.807, 2.05) is 37.2 Å². The third-order valence-corrected chi connectivity index (χ3v) is 2.60. The van der Waals surface area contributed by atoms with Crippen LogP contribution in [0.5, 0.6) is 0 Å². The van der Waals surface area contributed by atoms with E-state index in [-0.39, 0.29) is 5.28 Å². The molecule has 2 rings (SSSR count). The molecule has 4 nitrogen and oxygen atoms in total. The van der Waals surface area contributed by atoms with E-state index in [1.165, 1.54) is 0 Å². The van der Waals surface area contributed by atoms with E-state index in [0.717, 1.165) is 23.5 Å². The summed E-state index contributed by atoms with van der Waals surface area (Å²) in [5.41, 5.74) is 2.13. The Labute approximate surface area is 105 Å². The van der Waals surface area contributed by atoms with Crippen LogP contribution in [0.1, 0.15) is 11.1 Å². The number of rotatable bonds is 3. The van der Waals surface area contributed by atoms with E-state index < -0.39 is 0 Å². The molecule has 5 heteroatoms. The first-order valence-corrected chi connectivity index (χ1v) is 5.64. The van der Waals surface area contributed by atoms with Crippen LogP contribution in [0.25, 0.3) is 0 Å². The molecule has 0 fully saturated rings. The van der Waals surface area contributed by atoms with Crippen molar-refractivity contribution >= 4 is 17.4 Å². The quantitative estimate of drug-likeness (QED) is 0.783. The molecule has 0 saturated carbocycles. The minimum absolute atomic E-state index is 0.267. The molecule has 0 aliphatic rings. The van der Waals surface area contributed by atoms with Crippen LogP contribution in [0, 0.1) is 6.92 Å². The van der Waals surface area contributed by atoms with E-state index in [4.69, 9.17) is 11.6 Å². The van der Waals surface area contributed by atoms with Crippen LogP contribution >= 0.6 is 11.6 Å². The smallest absolute Gasteiger partial charge is 0.224 e. The van der Waals surface area contributed by atoms with Gasteiger partial charge < -0.3 is 4.90 Å². The van der Waals surface area contributed by atoms with Gasteiger partial charge in [0.25, 0.3) is 0 Å². The molecule has 0 radical (unpaired) electrons. The fourth-order valence-corrected chi connectivity index (χ4v) is 1.77. The molecule has 0 bridgehead atoms. The number of aromatic nitrogens is 3. The summed E-state index contributed by atoms with van der Waals surface area (Å²) < 4.78 is 0. The lowest BCUT2D eigenvalue weighted by Crippen LogP contribution is -2.19. The van der Waals surface area contributed by atoms with Crippen molar-refractivity contribution in [3.63, 3.8) is 0 Å². The molecule has 0 aliphatic carbocycles. The summed E-state index contributed by atoms with van der Waals surface area (Å²) in [6.07, 6.45) is 5.33. The number of halogens is 1. The molecule has 0 N–H and O–H groups in total. The van der Waals surface area contributed by atoms with Gasteiger partial charge in [0, 0.05) is 37.7 Å². The van der Waals surface area contributed by atoms with Crippen molar-refractivity contribution in [2.75, 3.05) is 11.9 Å². The molecule has 0 unspecified atom stereocenters. The zero-order chi connectivity index (χ0) is 12.3. The first-order valence-electron chi connectivity index (χ1n) is 5.26. The minimum Gasteiger partial charge on any atom is -0.355 e. The van der Waals surface area contributed by atoms with Gasteiger partial charge in [-0.1, -0.05) is 6.07 Å². The highest BCUT2D eigenvalue weighted by Crippen LogP contribution is 2.18. The van der Waals surface area contributed by atoms with Crippen LogP contribution in [0.2, 0.25) is 5.28 Å². The Morgan fingerprint density at radius 2 is 2.18 bits per heavy atom. The zero-order valence-corrected chi connectivity index (χ0v) is 10.5. The van der Waals surface area contributed by atoms with Gasteiger partial charge in [-0.15, -0.1) is 0 Å². The van der Waals surface area contributed by atoms with Crippen LogP contribution in [-0.2, 0) is 6.54 Å². The zero-order valence-electron chi connectivity index (χ0n) is 9.76. The standard InChI is InChI=1S/C12H13ClN4/c1-9-6-15-12(13)16-11(9)17(2)8-10-4-3-5-14-7-10/h3-7H,8H2,1-2H3. The molecule has 0 aliphatic heterocycles. The molecular formula is C12H13ClN4. The number of aryl methyl sites for hydroxylation is 1. The van der Waals surface area contributed by atoms with E-state index in [0.29, 0.717) is 0 Å². The number of pyridine rings is 1. The van der Waals surface area contributed by atoms with Gasteiger partial charge in [0.2, 0.25) is 5.28 Å². The van der Waals surface area contributed by atoms with Crippen molar-refractivity contribution in [1.29, 1.82) is 0 Å². The Kier molecular flexibility index (Phi) is 3.54. The van der Waals surface area contributed by atoms with Crippen LogP contribution in [0.3, 0.4) is 0 Å². The average molecular weight is 249 g/mol. The van der Waals surface area contributed by atoms with Gasteiger partial charge in [-0.25, -0.2) is 9.97 Å². The van der Waals surface area contributed by atoms with Gasteiger partial charge in [-0.3, -0.25) is 4.98 Å². The van der Waals surface area contributed by atoms with Crippen LogP contribution in [0.15, 0.2) is 30.7 Å². The highest BCUT2D eigenvalue weighted by atomic mass is 35.5.